The number of rotatable bonds is 6. The minimum absolute atomic E-state index is 0.400. The summed E-state index contributed by atoms with van der Waals surface area (Å²) in [6.07, 6.45) is 3.98. The van der Waals surface area contributed by atoms with Gasteiger partial charge in [0, 0.05) is 17.3 Å². The third kappa shape index (κ3) is 5.44. The van der Waals surface area contributed by atoms with Crippen molar-refractivity contribution in [2.75, 3.05) is 0 Å². The van der Waals surface area contributed by atoms with E-state index in [0.717, 1.165) is 60.4 Å². The molecule has 0 spiro atoms. The molecule has 0 fully saturated rings. The van der Waals surface area contributed by atoms with Gasteiger partial charge in [0.05, 0.1) is 11.4 Å². The van der Waals surface area contributed by atoms with Gasteiger partial charge in [0.15, 0.2) is 0 Å². The van der Waals surface area contributed by atoms with Gasteiger partial charge in [-0.3, -0.25) is 4.99 Å². The SMILES string of the molecule is N=C(/C=C(\N=Cc1c2ccccc2cc2c1ccc1ccccc12)c1c2ccccc2cc2c1ccc1ccccc12)c1ccc(-c2ccccc2)cc1. The van der Waals surface area contributed by atoms with E-state index >= 15 is 0 Å². The number of nitrogens with one attached hydrogen (secondary N) is 1. The molecular formula is C52H34N2. The maximum atomic E-state index is 9.52. The van der Waals surface area contributed by atoms with Gasteiger partial charge in [0.25, 0.3) is 0 Å². The Bertz CT molecular complexity index is 3150. The standard InChI is InChI=1S/C52H34N2/c53-50(38-24-22-35(23-25-38)34-12-2-1-3-13-34)32-51(52-44-21-11-7-17-40(44)31-48-42-19-9-5-15-37(42)27-29-46(48)52)54-33-49-43-20-10-6-16-39(43)30-47-41-18-8-4-14-36(41)26-28-45(47)49/h1-33,53H/b51-32-,53-50?,54-33?. The van der Waals surface area contributed by atoms with Crippen LogP contribution in [0.3, 0.4) is 0 Å². The minimum Gasteiger partial charge on any atom is -0.300 e. The zero-order chi connectivity index (χ0) is 36.0. The van der Waals surface area contributed by atoms with Crippen LogP contribution in [-0.4, -0.2) is 11.9 Å². The molecule has 0 heterocycles. The monoisotopic (exact) mass is 686 g/mol. The molecule has 0 saturated carbocycles. The fourth-order valence-corrected chi connectivity index (χ4v) is 8.09. The maximum Gasteiger partial charge on any atom is 0.0736 e. The van der Waals surface area contributed by atoms with Crippen LogP contribution in [0.4, 0.5) is 0 Å². The van der Waals surface area contributed by atoms with Crippen molar-refractivity contribution in [3.63, 3.8) is 0 Å². The van der Waals surface area contributed by atoms with E-state index in [1.165, 1.54) is 37.7 Å². The van der Waals surface area contributed by atoms with Crippen LogP contribution in [0.25, 0.3) is 81.5 Å². The van der Waals surface area contributed by atoms with Crippen LogP contribution in [0.5, 0.6) is 0 Å². The molecule has 10 aromatic rings. The average molecular weight is 687 g/mol. The largest absolute Gasteiger partial charge is 0.300 e. The second kappa shape index (κ2) is 13.1. The average Bonchev–Trinajstić information content (AvgIpc) is 3.24. The smallest absolute Gasteiger partial charge is 0.0736 e. The number of allylic oxidation sites excluding steroid dienone is 1. The minimum atomic E-state index is 0.400. The molecule has 1 N–H and O–H groups in total. The first kappa shape index (κ1) is 31.6. The summed E-state index contributed by atoms with van der Waals surface area (Å²) >= 11 is 0. The third-order valence-electron chi connectivity index (χ3n) is 10.8. The summed E-state index contributed by atoms with van der Waals surface area (Å²) in [5.74, 6) is 0. The van der Waals surface area contributed by atoms with E-state index in [1.54, 1.807) is 0 Å². The molecule has 10 rings (SSSR count). The van der Waals surface area contributed by atoms with E-state index < -0.39 is 0 Å². The number of fused-ring (bicyclic) bond motifs is 8. The van der Waals surface area contributed by atoms with Gasteiger partial charge in [-0.2, -0.15) is 0 Å². The van der Waals surface area contributed by atoms with Gasteiger partial charge in [-0.05, 0) is 99.5 Å². The van der Waals surface area contributed by atoms with Crippen molar-refractivity contribution >= 4 is 82.3 Å². The van der Waals surface area contributed by atoms with E-state index in [2.05, 4.69) is 170 Å². The number of benzene rings is 10. The first-order valence-electron chi connectivity index (χ1n) is 18.4. The lowest BCUT2D eigenvalue weighted by molar-refractivity contribution is 1.48. The molecule has 0 aliphatic carbocycles. The van der Waals surface area contributed by atoms with E-state index in [1.807, 2.05) is 30.5 Å². The molecule has 0 aromatic heterocycles. The summed E-state index contributed by atoms with van der Waals surface area (Å²) < 4.78 is 0. The second-order valence-corrected chi connectivity index (χ2v) is 13.9. The van der Waals surface area contributed by atoms with Crippen molar-refractivity contribution in [2.24, 2.45) is 4.99 Å². The second-order valence-electron chi connectivity index (χ2n) is 13.9. The van der Waals surface area contributed by atoms with Gasteiger partial charge in [-0.1, -0.05) is 176 Å². The fourth-order valence-electron chi connectivity index (χ4n) is 8.09. The molecule has 0 atom stereocenters. The lowest BCUT2D eigenvalue weighted by Crippen LogP contribution is -1.98. The van der Waals surface area contributed by atoms with Crippen LogP contribution in [-0.2, 0) is 0 Å². The van der Waals surface area contributed by atoms with Gasteiger partial charge in [0.2, 0.25) is 0 Å². The van der Waals surface area contributed by atoms with Gasteiger partial charge < -0.3 is 5.41 Å². The zero-order valence-corrected chi connectivity index (χ0v) is 29.5. The summed E-state index contributed by atoms with van der Waals surface area (Å²) in [4.78, 5) is 5.45. The first-order chi connectivity index (χ1) is 26.7. The van der Waals surface area contributed by atoms with E-state index in [0.29, 0.717) is 5.71 Å². The Labute approximate surface area is 313 Å². The zero-order valence-electron chi connectivity index (χ0n) is 29.5. The lowest BCUT2D eigenvalue weighted by atomic mass is 9.91. The highest BCUT2D eigenvalue weighted by atomic mass is 14.7. The lowest BCUT2D eigenvalue weighted by Gasteiger charge is -2.15. The first-order valence-corrected chi connectivity index (χ1v) is 18.4. The fraction of sp³-hybridized carbons (Fsp3) is 0. The number of hydrogen-bond acceptors (Lipinski definition) is 2. The molecule has 0 aliphatic heterocycles. The van der Waals surface area contributed by atoms with E-state index in [4.69, 9.17) is 4.99 Å². The number of aliphatic imine (C=N–C) groups is 1. The predicted molar refractivity (Wildman–Crippen MR) is 232 cm³/mol. The van der Waals surface area contributed by atoms with Crippen LogP contribution in [0.1, 0.15) is 16.7 Å². The van der Waals surface area contributed by atoms with Crippen molar-refractivity contribution in [3.8, 4) is 11.1 Å². The van der Waals surface area contributed by atoms with Gasteiger partial charge in [0.1, 0.15) is 0 Å². The van der Waals surface area contributed by atoms with Gasteiger partial charge in [-0.15, -0.1) is 0 Å². The van der Waals surface area contributed by atoms with Crippen molar-refractivity contribution in [2.45, 2.75) is 0 Å². The molecule has 54 heavy (non-hydrogen) atoms. The van der Waals surface area contributed by atoms with E-state index in [9.17, 15) is 5.41 Å². The Balaban J connectivity index is 1.23. The van der Waals surface area contributed by atoms with Crippen LogP contribution >= 0.6 is 0 Å². The molecular weight excluding hydrogens is 653 g/mol. The van der Waals surface area contributed by atoms with Crippen LogP contribution in [0.15, 0.2) is 199 Å². The molecule has 0 bridgehead atoms. The third-order valence-corrected chi connectivity index (χ3v) is 10.8. The molecule has 0 saturated heterocycles. The van der Waals surface area contributed by atoms with Gasteiger partial charge in [-0.25, -0.2) is 0 Å². The van der Waals surface area contributed by atoms with Crippen molar-refractivity contribution in [1.82, 2.24) is 0 Å². The molecule has 2 nitrogen and oxygen atoms in total. The Hall–Kier alpha value is -7.16. The normalized spacial score (nSPS) is 12.2. The van der Waals surface area contributed by atoms with Crippen molar-refractivity contribution in [1.29, 1.82) is 5.41 Å². The highest BCUT2D eigenvalue weighted by Crippen LogP contribution is 2.39. The summed E-state index contributed by atoms with van der Waals surface area (Å²) in [5, 5.41) is 23.5. The summed E-state index contributed by atoms with van der Waals surface area (Å²) in [6, 6.07) is 66.4. The topological polar surface area (TPSA) is 36.2 Å². The Morgan fingerprint density at radius 2 is 0.889 bits per heavy atom. The Morgan fingerprint density at radius 1 is 0.389 bits per heavy atom. The number of hydrogen-bond donors (Lipinski definition) is 1. The predicted octanol–water partition coefficient (Wildman–Crippen LogP) is 13.8. The highest BCUT2D eigenvalue weighted by molar-refractivity contribution is 6.23. The Kier molecular flexibility index (Phi) is 7.66. The molecule has 0 amide bonds. The molecule has 0 aliphatic rings. The molecule has 0 unspecified atom stereocenters. The number of nitrogens with zero attached hydrogens (tertiary/aromatic N) is 1. The molecule has 252 valence electrons. The highest BCUT2D eigenvalue weighted by Gasteiger charge is 2.16. The van der Waals surface area contributed by atoms with Crippen LogP contribution in [0, 0.1) is 5.41 Å². The summed E-state index contributed by atoms with van der Waals surface area (Å²) in [5.41, 5.74) is 6.33. The van der Waals surface area contributed by atoms with E-state index in [-0.39, 0.29) is 0 Å². The van der Waals surface area contributed by atoms with Gasteiger partial charge >= 0.3 is 0 Å². The Morgan fingerprint density at radius 3 is 1.56 bits per heavy atom. The van der Waals surface area contributed by atoms with Crippen LogP contribution in [0.2, 0.25) is 0 Å². The molecule has 10 aromatic carbocycles. The molecule has 0 radical (unpaired) electrons. The summed E-state index contributed by atoms with van der Waals surface area (Å²) in [7, 11) is 0. The molecule has 2 heteroatoms. The van der Waals surface area contributed by atoms with Crippen molar-refractivity contribution < 1.29 is 0 Å². The summed E-state index contributed by atoms with van der Waals surface area (Å²) in [6.45, 7) is 0. The van der Waals surface area contributed by atoms with Crippen molar-refractivity contribution in [3.05, 3.63) is 211 Å². The quantitative estimate of drug-likeness (QED) is 0.103. The maximum absolute atomic E-state index is 9.52. The van der Waals surface area contributed by atoms with Crippen LogP contribution < -0.4 is 0 Å².